The Morgan fingerprint density at radius 2 is 1.64 bits per heavy atom. The normalized spacial score (nSPS) is 20.2. The highest BCUT2D eigenvalue weighted by Gasteiger charge is 2.39. The van der Waals surface area contributed by atoms with Crippen LogP contribution in [-0.4, -0.2) is 42.8 Å². The Bertz CT molecular complexity index is 1310. The van der Waals surface area contributed by atoms with Crippen molar-refractivity contribution in [2.45, 2.75) is 43.7 Å². The van der Waals surface area contributed by atoms with Gasteiger partial charge in [0.1, 0.15) is 6.61 Å². The summed E-state index contributed by atoms with van der Waals surface area (Å²) < 4.78 is 10.9. The summed E-state index contributed by atoms with van der Waals surface area (Å²) in [6, 6.07) is 24.5. The fourth-order valence-corrected chi connectivity index (χ4v) is 6.16. The number of fused-ring (bicyclic) bond motifs is 5. The van der Waals surface area contributed by atoms with E-state index in [9.17, 15) is 9.59 Å². The second-order valence-corrected chi connectivity index (χ2v) is 9.83. The first-order valence-electron chi connectivity index (χ1n) is 12.7. The minimum atomic E-state index is -0.339. The second kappa shape index (κ2) is 9.30. The van der Waals surface area contributed by atoms with Gasteiger partial charge in [0.25, 0.3) is 0 Å². The Morgan fingerprint density at radius 3 is 2.33 bits per heavy atom. The van der Waals surface area contributed by atoms with Crippen molar-refractivity contribution in [2.75, 3.05) is 13.7 Å². The maximum Gasteiger partial charge on any atom is 0.410 e. The van der Waals surface area contributed by atoms with E-state index in [1.54, 1.807) is 6.07 Å². The average molecular weight is 480 g/mol. The molecule has 3 aromatic rings. The van der Waals surface area contributed by atoms with Gasteiger partial charge < -0.3 is 9.47 Å². The number of benzene rings is 3. The van der Waals surface area contributed by atoms with Gasteiger partial charge in [0, 0.05) is 12.0 Å². The summed E-state index contributed by atoms with van der Waals surface area (Å²) in [7, 11) is 1.39. The number of hydrogen-bond acceptors (Lipinski definition) is 4. The fraction of sp³-hybridized carbons (Fsp3) is 0.290. The number of carbonyl (C=O) groups is 2. The molecule has 36 heavy (non-hydrogen) atoms. The van der Waals surface area contributed by atoms with Crippen LogP contribution in [0, 0.1) is 0 Å². The summed E-state index contributed by atoms with van der Waals surface area (Å²) in [5.74, 6) is -0.285. The Balaban J connectivity index is 1.21. The van der Waals surface area contributed by atoms with Crippen molar-refractivity contribution in [2.24, 2.45) is 0 Å². The van der Waals surface area contributed by atoms with E-state index in [2.05, 4.69) is 54.6 Å². The third kappa shape index (κ3) is 3.89. The maximum absolute atomic E-state index is 13.4. The SMILES string of the molecule is COC(=O)c1cccc(C2=CC3CCCC(C2)N3C(=O)OCC2c3ccccc3-c3ccccc32)c1. The van der Waals surface area contributed by atoms with E-state index >= 15 is 0 Å². The molecule has 0 aromatic heterocycles. The average Bonchev–Trinajstić information content (AvgIpc) is 3.24. The molecule has 1 aliphatic carbocycles. The maximum atomic E-state index is 13.4. The van der Waals surface area contributed by atoms with Crippen LogP contribution in [0.4, 0.5) is 4.79 Å². The Hall–Kier alpha value is -3.86. The summed E-state index contributed by atoms with van der Waals surface area (Å²) in [6.07, 6.45) is 5.67. The first-order chi connectivity index (χ1) is 17.6. The van der Waals surface area contributed by atoms with Crippen molar-refractivity contribution >= 4 is 17.6 Å². The van der Waals surface area contributed by atoms with Crippen LogP contribution < -0.4 is 0 Å². The molecule has 182 valence electrons. The van der Waals surface area contributed by atoms with Gasteiger partial charge in [-0.1, -0.05) is 66.7 Å². The molecule has 5 heteroatoms. The van der Waals surface area contributed by atoms with E-state index in [0.29, 0.717) is 12.2 Å². The molecule has 2 heterocycles. The molecule has 2 bridgehead atoms. The van der Waals surface area contributed by atoms with Crippen LogP contribution in [0.5, 0.6) is 0 Å². The predicted molar refractivity (Wildman–Crippen MR) is 139 cm³/mol. The van der Waals surface area contributed by atoms with E-state index < -0.39 is 0 Å². The van der Waals surface area contributed by atoms with Gasteiger partial charge >= 0.3 is 12.1 Å². The van der Waals surface area contributed by atoms with Crippen LogP contribution >= 0.6 is 0 Å². The second-order valence-electron chi connectivity index (χ2n) is 9.83. The summed E-state index contributed by atoms with van der Waals surface area (Å²) in [5, 5.41) is 0. The number of methoxy groups -OCH3 is 1. The van der Waals surface area contributed by atoms with Crippen molar-refractivity contribution in [1.82, 2.24) is 4.90 Å². The molecule has 0 spiro atoms. The molecule has 1 saturated heterocycles. The molecule has 0 saturated carbocycles. The highest BCUT2D eigenvalue weighted by molar-refractivity contribution is 5.90. The van der Waals surface area contributed by atoms with Crippen molar-refractivity contribution in [3.8, 4) is 11.1 Å². The number of piperidine rings is 1. The van der Waals surface area contributed by atoms with Gasteiger partial charge in [-0.3, -0.25) is 4.90 Å². The molecule has 2 atom stereocenters. The predicted octanol–water partition coefficient (Wildman–Crippen LogP) is 6.43. The zero-order valence-electron chi connectivity index (χ0n) is 20.4. The quantitative estimate of drug-likeness (QED) is 0.405. The molecule has 1 fully saturated rings. The van der Waals surface area contributed by atoms with Gasteiger partial charge in [0.05, 0.1) is 18.7 Å². The lowest BCUT2D eigenvalue weighted by atomic mass is 9.83. The van der Waals surface area contributed by atoms with Crippen LogP contribution in [0.15, 0.2) is 78.9 Å². The minimum Gasteiger partial charge on any atom is -0.465 e. The largest absolute Gasteiger partial charge is 0.465 e. The van der Waals surface area contributed by atoms with Gasteiger partial charge in [-0.25, -0.2) is 9.59 Å². The van der Waals surface area contributed by atoms with Gasteiger partial charge in [0.15, 0.2) is 0 Å². The van der Waals surface area contributed by atoms with Crippen molar-refractivity contribution < 1.29 is 19.1 Å². The summed E-state index contributed by atoms with van der Waals surface area (Å²) >= 11 is 0. The first-order valence-corrected chi connectivity index (χ1v) is 12.7. The number of hydrogen-bond donors (Lipinski definition) is 0. The van der Waals surface area contributed by atoms with Gasteiger partial charge in [-0.15, -0.1) is 0 Å². The molecule has 1 amide bonds. The summed E-state index contributed by atoms with van der Waals surface area (Å²) in [4.78, 5) is 27.4. The van der Waals surface area contributed by atoms with Crippen molar-refractivity contribution in [1.29, 1.82) is 0 Å². The molecule has 6 rings (SSSR count). The zero-order valence-corrected chi connectivity index (χ0v) is 20.4. The van der Waals surface area contributed by atoms with E-state index in [1.807, 2.05) is 23.1 Å². The van der Waals surface area contributed by atoms with Gasteiger partial charge in [0.2, 0.25) is 0 Å². The van der Waals surface area contributed by atoms with Crippen LogP contribution in [0.25, 0.3) is 16.7 Å². The molecule has 0 radical (unpaired) electrons. The molecule has 2 aliphatic heterocycles. The Labute approximate surface area is 211 Å². The standard InChI is InChI=1S/C31H29NO4/c1-35-30(33)21-9-6-8-20(16-21)22-17-23-10-7-11-24(18-22)32(23)31(34)36-19-29-27-14-4-2-12-25(27)26-13-3-5-15-28(26)29/h2-6,8-9,12-17,23-24,29H,7,10-11,18-19H2,1H3. The highest BCUT2D eigenvalue weighted by atomic mass is 16.6. The Kier molecular flexibility index (Phi) is 5.84. The molecule has 5 nitrogen and oxygen atoms in total. The summed E-state index contributed by atoms with van der Waals surface area (Å²) in [6.45, 7) is 0.334. The van der Waals surface area contributed by atoms with Gasteiger partial charge in [-0.2, -0.15) is 0 Å². The van der Waals surface area contributed by atoms with E-state index in [1.165, 1.54) is 34.9 Å². The summed E-state index contributed by atoms with van der Waals surface area (Å²) in [5.41, 5.74) is 7.63. The van der Waals surface area contributed by atoms with E-state index in [0.717, 1.165) is 31.2 Å². The lowest BCUT2D eigenvalue weighted by molar-refractivity contribution is 0.0538. The third-order valence-corrected chi connectivity index (χ3v) is 7.84. The number of carbonyl (C=O) groups excluding carboxylic acids is 2. The van der Waals surface area contributed by atoms with E-state index in [-0.39, 0.29) is 30.1 Å². The topological polar surface area (TPSA) is 55.8 Å². The monoisotopic (exact) mass is 479 g/mol. The number of amides is 1. The van der Waals surface area contributed by atoms with Crippen LogP contribution in [0.2, 0.25) is 0 Å². The Morgan fingerprint density at radius 1 is 0.917 bits per heavy atom. The molecular weight excluding hydrogens is 450 g/mol. The van der Waals surface area contributed by atoms with E-state index in [4.69, 9.17) is 9.47 Å². The lowest BCUT2D eigenvalue weighted by Crippen LogP contribution is -2.51. The first kappa shape index (κ1) is 22.6. The number of esters is 1. The number of rotatable bonds is 4. The molecule has 3 aliphatic rings. The minimum absolute atomic E-state index is 0.00457. The molecule has 0 N–H and O–H groups in total. The van der Waals surface area contributed by atoms with Crippen molar-refractivity contribution in [3.63, 3.8) is 0 Å². The molecule has 2 unspecified atom stereocenters. The smallest absolute Gasteiger partial charge is 0.410 e. The molecule has 3 aromatic carbocycles. The van der Waals surface area contributed by atoms with Gasteiger partial charge in [-0.05, 0) is 71.2 Å². The van der Waals surface area contributed by atoms with Crippen LogP contribution in [-0.2, 0) is 9.47 Å². The number of nitrogens with zero attached hydrogens (tertiary/aromatic N) is 1. The number of ether oxygens (including phenoxy) is 2. The zero-order chi connectivity index (χ0) is 24.6. The highest BCUT2D eigenvalue weighted by Crippen LogP contribution is 2.45. The third-order valence-electron chi connectivity index (χ3n) is 7.84. The van der Waals surface area contributed by atoms with Crippen LogP contribution in [0.1, 0.15) is 58.6 Å². The lowest BCUT2D eigenvalue weighted by Gasteiger charge is -2.44. The van der Waals surface area contributed by atoms with Crippen molar-refractivity contribution in [3.05, 3.63) is 101 Å². The fourth-order valence-electron chi connectivity index (χ4n) is 6.16. The molecular formula is C31H29NO4. The van der Waals surface area contributed by atoms with Crippen LogP contribution in [0.3, 0.4) is 0 Å².